The van der Waals surface area contributed by atoms with E-state index in [9.17, 15) is 9.18 Å². The maximum Gasteiger partial charge on any atom is 0.196 e. The topological polar surface area (TPSA) is 42.1 Å². The highest BCUT2D eigenvalue weighted by Gasteiger charge is 2.18. The Kier molecular flexibility index (Phi) is 3.51. The molecule has 0 saturated heterocycles. The molecule has 3 aromatic rings. The summed E-state index contributed by atoms with van der Waals surface area (Å²) in [6.07, 6.45) is 1.63. The smallest absolute Gasteiger partial charge is 0.196 e. The van der Waals surface area contributed by atoms with Gasteiger partial charge in [-0.3, -0.25) is 4.79 Å². The summed E-state index contributed by atoms with van der Waals surface area (Å²) in [7, 11) is 1.57. The van der Waals surface area contributed by atoms with Crippen LogP contribution in [0.2, 0.25) is 0 Å². The number of carbonyl (C=O) groups excluding carboxylic acids is 1. The van der Waals surface area contributed by atoms with Crippen molar-refractivity contribution in [1.82, 2.24) is 4.98 Å². The predicted octanol–water partition coefficient (Wildman–Crippen LogP) is 4.31. The molecule has 0 saturated carbocycles. The first-order valence-electron chi connectivity index (χ1n) is 6.25. The minimum atomic E-state index is -0.460. The summed E-state index contributed by atoms with van der Waals surface area (Å²) >= 11 is 3.13. The Morgan fingerprint density at radius 2 is 2.05 bits per heavy atom. The Balaban J connectivity index is 2.15. The van der Waals surface area contributed by atoms with Crippen molar-refractivity contribution in [2.75, 3.05) is 7.11 Å². The van der Waals surface area contributed by atoms with Gasteiger partial charge in [-0.2, -0.15) is 0 Å². The van der Waals surface area contributed by atoms with Crippen LogP contribution in [0.25, 0.3) is 10.9 Å². The Labute approximate surface area is 128 Å². The number of rotatable bonds is 3. The van der Waals surface area contributed by atoms with Crippen LogP contribution in [0.3, 0.4) is 0 Å². The molecule has 0 aliphatic heterocycles. The molecule has 0 fully saturated rings. The standard InChI is InChI=1S/C16H11BrFNO2/c1-21-9-5-6-14-11(7-9)12(8-19-14)16(20)10-3-2-4-13(18)15(10)17/h2-8,19H,1H3. The second-order valence-corrected chi connectivity index (χ2v) is 5.34. The number of ether oxygens (including phenoxy) is 1. The van der Waals surface area contributed by atoms with Crippen LogP contribution in [0, 0.1) is 5.82 Å². The highest BCUT2D eigenvalue weighted by molar-refractivity contribution is 9.10. The molecule has 106 valence electrons. The van der Waals surface area contributed by atoms with Gasteiger partial charge in [-0.1, -0.05) is 6.07 Å². The van der Waals surface area contributed by atoms with Crippen LogP contribution in [-0.4, -0.2) is 17.9 Å². The monoisotopic (exact) mass is 347 g/mol. The van der Waals surface area contributed by atoms with Crippen molar-refractivity contribution >= 4 is 32.6 Å². The minimum absolute atomic E-state index is 0.173. The fourth-order valence-electron chi connectivity index (χ4n) is 2.24. The first kappa shape index (κ1) is 13.8. The van der Waals surface area contributed by atoms with Crippen molar-refractivity contribution in [2.24, 2.45) is 0 Å². The fourth-order valence-corrected chi connectivity index (χ4v) is 2.68. The molecule has 3 rings (SSSR count). The van der Waals surface area contributed by atoms with E-state index in [1.165, 1.54) is 12.1 Å². The van der Waals surface area contributed by atoms with Crippen molar-refractivity contribution in [3.05, 3.63) is 64.0 Å². The average molecular weight is 348 g/mol. The van der Waals surface area contributed by atoms with Crippen LogP contribution in [0.1, 0.15) is 15.9 Å². The number of aromatic amines is 1. The van der Waals surface area contributed by atoms with Crippen LogP contribution in [-0.2, 0) is 0 Å². The van der Waals surface area contributed by atoms with Crippen LogP contribution < -0.4 is 4.74 Å². The highest BCUT2D eigenvalue weighted by atomic mass is 79.9. The maximum atomic E-state index is 13.6. The van der Waals surface area contributed by atoms with Gasteiger partial charge in [0.05, 0.1) is 11.6 Å². The molecular formula is C16H11BrFNO2. The number of nitrogens with one attached hydrogen (secondary N) is 1. The molecule has 0 radical (unpaired) electrons. The van der Waals surface area contributed by atoms with E-state index in [-0.39, 0.29) is 10.3 Å². The van der Waals surface area contributed by atoms with Crippen LogP contribution in [0.5, 0.6) is 5.75 Å². The summed E-state index contributed by atoms with van der Waals surface area (Å²) in [6.45, 7) is 0. The minimum Gasteiger partial charge on any atom is -0.497 e. The molecule has 1 heterocycles. The van der Waals surface area contributed by atoms with E-state index < -0.39 is 5.82 Å². The van der Waals surface area contributed by atoms with Crippen LogP contribution in [0.4, 0.5) is 4.39 Å². The van der Waals surface area contributed by atoms with E-state index >= 15 is 0 Å². The predicted molar refractivity (Wildman–Crippen MR) is 82.4 cm³/mol. The van der Waals surface area contributed by atoms with E-state index in [2.05, 4.69) is 20.9 Å². The maximum absolute atomic E-state index is 13.6. The second-order valence-electron chi connectivity index (χ2n) is 4.54. The van der Waals surface area contributed by atoms with Gasteiger partial charge in [0.15, 0.2) is 5.78 Å². The number of aromatic nitrogens is 1. The summed E-state index contributed by atoms with van der Waals surface area (Å²) in [4.78, 5) is 15.7. The van der Waals surface area contributed by atoms with Crippen molar-refractivity contribution in [3.63, 3.8) is 0 Å². The molecule has 0 atom stereocenters. The lowest BCUT2D eigenvalue weighted by Gasteiger charge is -2.04. The van der Waals surface area contributed by atoms with Gasteiger partial charge in [-0.05, 0) is 46.3 Å². The van der Waals surface area contributed by atoms with E-state index in [1.54, 1.807) is 25.4 Å². The SMILES string of the molecule is COc1ccc2[nH]cc(C(=O)c3cccc(F)c3Br)c2c1. The highest BCUT2D eigenvalue weighted by Crippen LogP contribution is 2.28. The Morgan fingerprint density at radius 1 is 1.24 bits per heavy atom. The lowest BCUT2D eigenvalue weighted by Crippen LogP contribution is -2.02. The Morgan fingerprint density at radius 3 is 2.81 bits per heavy atom. The van der Waals surface area contributed by atoms with Gasteiger partial charge in [0, 0.05) is 28.2 Å². The molecule has 1 N–H and O–H groups in total. The van der Waals surface area contributed by atoms with E-state index in [0.29, 0.717) is 16.9 Å². The molecular weight excluding hydrogens is 337 g/mol. The van der Waals surface area contributed by atoms with Crippen molar-refractivity contribution in [1.29, 1.82) is 0 Å². The molecule has 0 spiro atoms. The summed E-state index contributed by atoms with van der Waals surface area (Å²) < 4.78 is 18.9. The number of H-pyrrole nitrogens is 1. The largest absolute Gasteiger partial charge is 0.497 e. The van der Waals surface area contributed by atoms with Gasteiger partial charge < -0.3 is 9.72 Å². The van der Waals surface area contributed by atoms with Gasteiger partial charge in [-0.15, -0.1) is 0 Å². The van der Waals surface area contributed by atoms with Crippen LogP contribution in [0.15, 0.2) is 47.1 Å². The summed E-state index contributed by atoms with van der Waals surface area (Å²) in [5.74, 6) is -0.0476. The molecule has 1 aromatic heterocycles. The van der Waals surface area contributed by atoms with Crippen molar-refractivity contribution < 1.29 is 13.9 Å². The van der Waals surface area contributed by atoms with Crippen molar-refractivity contribution in [2.45, 2.75) is 0 Å². The van der Waals surface area contributed by atoms with Crippen molar-refractivity contribution in [3.8, 4) is 5.75 Å². The third kappa shape index (κ3) is 2.34. The lowest BCUT2D eigenvalue weighted by molar-refractivity contribution is 0.103. The number of fused-ring (bicyclic) bond motifs is 1. The van der Waals surface area contributed by atoms with E-state index in [1.807, 2.05) is 12.1 Å². The molecule has 0 aliphatic carbocycles. The Hall–Kier alpha value is -2.14. The second kappa shape index (κ2) is 5.33. The molecule has 5 heteroatoms. The van der Waals surface area contributed by atoms with Gasteiger partial charge in [0.25, 0.3) is 0 Å². The third-order valence-corrected chi connectivity index (χ3v) is 4.14. The van der Waals surface area contributed by atoms with Gasteiger partial charge in [0.1, 0.15) is 11.6 Å². The zero-order valence-electron chi connectivity index (χ0n) is 11.1. The quantitative estimate of drug-likeness (QED) is 0.717. The number of halogens is 2. The van der Waals surface area contributed by atoms with Gasteiger partial charge in [0.2, 0.25) is 0 Å². The molecule has 0 aliphatic rings. The molecule has 0 unspecified atom stereocenters. The number of carbonyl (C=O) groups is 1. The number of hydrogen-bond acceptors (Lipinski definition) is 2. The molecule has 21 heavy (non-hydrogen) atoms. The zero-order valence-corrected chi connectivity index (χ0v) is 12.7. The Bertz CT molecular complexity index is 841. The number of benzene rings is 2. The molecule has 3 nitrogen and oxygen atoms in total. The van der Waals surface area contributed by atoms with E-state index in [0.717, 1.165) is 10.9 Å². The van der Waals surface area contributed by atoms with Gasteiger partial charge >= 0.3 is 0 Å². The summed E-state index contributed by atoms with van der Waals surface area (Å²) in [5, 5.41) is 0.746. The van der Waals surface area contributed by atoms with Crippen LogP contribution >= 0.6 is 15.9 Å². The summed E-state index contributed by atoms with van der Waals surface area (Å²) in [5.41, 5.74) is 1.60. The number of ketones is 1. The first-order chi connectivity index (χ1) is 10.1. The third-order valence-electron chi connectivity index (χ3n) is 3.33. The normalized spacial score (nSPS) is 10.8. The molecule has 0 amide bonds. The lowest BCUT2D eigenvalue weighted by atomic mass is 10.0. The number of hydrogen-bond donors (Lipinski definition) is 1. The van der Waals surface area contributed by atoms with E-state index in [4.69, 9.17) is 4.74 Å². The zero-order chi connectivity index (χ0) is 15.0. The molecule has 0 bridgehead atoms. The molecule has 2 aromatic carbocycles. The number of methoxy groups -OCH3 is 1. The van der Waals surface area contributed by atoms with Gasteiger partial charge in [-0.25, -0.2) is 4.39 Å². The first-order valence-corrected chi connectivity index (χ1v) is 7.05. The summed E-state index contributed by atoms with van der Waals surface area (Å²) in [6, 6.07) is 9.85. The average Bonchev–Trinajstić information content (AvgIpc) is 2.92. The fraction of sp³-hybridized carbons (Fsp3) is 0.0625.